The van der Waals surface area contributed by atoms with Crippen LogP contribution in [0.2, 0.25) is 0 Å². The van der Waals surface area contributed by atoms with E-state index in [1.165, 1.54) is 33.5 Å². The first-order chi connectivity index (χ1) is 13.3. The molecule has 1 atom stereocenters. The molecule has 9 nitrogen and oxygen atoms in total. The van der Waals surface area contributed by atoms with Gasteiger partial charge in [-0.15, -0.1) is 16.9 Å². The lowest BCUT2D eigenvalue weighted by Crippen LogP contribution is -2.41. The van der Waals surface area contributed by atoms with Crippen molar-refractivity contribution in [2.45, 2.75) is 29.5 Å². The maximum Gasteiger partial charge on any atom is 0.326 e. The SMILES string of the molecule is CS(=O)(=O)c1ccc(-n2cc(CSCC(=O)N3CCCC3C(=O)O)nn2)cc1. The fourth-order valence-electron chi connectivity index (χ4n) is 2.98. The van der Waals surface area contributed by atoms with E-state index in [1.807, 2.05) is 0 Å². The molecule has 1 N–H and O–H groups in total. The number of carboxylic acid groups (broad SMARTS) is 1. The first-order valence-electron chi connectivity index (χ1n) is 8.57. The third-order valence-corrected chi connectivity index (χ3v) is 6.48. The molecule has 11 heteroatoms. The molecule has 1 saturated heterocycles. The summed E-state index contributed by atoms with van der Waals surface area (Å²) in [6.07, 6.45) is 4.07. The van der Waals surface area contributed by atoms with Crippen LogP contribution in [0.1, 0.15) is 18.5 Å². The molecule has 0 radical (unpaired) electrons. The van der Waals surface area contributed by atoms with Crippen molar-refractivity contribution in [1.82, 2.24) is 19.9 Å². The summed E-state index contributed by atoms with van der Waals surface area (Å²) in [6, 6.07) is 5.59. The fraction of sp³-hybridized carbons (Fsp3) is 0.412. The number of hydrogen-bond donors (Lipinski definition) is 1. The summed E-state index contributed by atoms with van der Waals surface area (Å²) in [7, 11) is -3.25. The summed E-state index contributed by atoms with van der Waals surface area (Å²) >= 11 is 1.35. The molecule has 0 aliphatic carbocycles. The normalized spacial score (nSPS) is 17.0. The van der Waals surface area contributed by atoms with Gasteiger partial charge < -0.3 is 10.0 Å². The maximum atomic E-state index is 12.2. The zero-order valence-electron chi connectivity index (χ0n) is 15.2. The zero-order chi connectivity index (χ0) is 20.3. The third kappa shape index (κ3) is 4.71. The highest BCUT2D eigenvalue weighted by Crippen LogP contribution is 2.20. The maximum absolute atomic E-state index is 12.2. The van der Waals surface area contributed by atoms with Gasteiger partial charge in [-0.2, -0.15) is 0 Å². The Bertz CT molecular complexity index is 972. The van der Waals surface area contributed by atoms with Crippen LogP contribution < -0.4 is 0 Å². The van der Waals surface area contributed by atoms with Crippen LogP contribution in [-0.2, 0) is 25.2 Å². The number of amides is 1. The minimum absolute atomic E-state index is 0.180. The molecule has 1 amide bonds. The Morgan fingerprint density at radius 1 is 1.29 bits per heavy atom. The number of aromatic nitrogens is 3. The predicted molar refractivity (Wildman–Crippen MR) is 103 cm³/mol. The molecular weight excluding hydrogens is 404 g/mol. The molecule has 1 aromatic carbocycles. The van der Waals surface area contributed by atoms with Gasteiger partial charge in [-0.3, -0.25) is 4.79 Å². The summed E-state index contributed by atoms with van der Waals surface area (Å²) < 4.78 is 24.6. The quantitative estimate of drug-likeness (QED) is 0.698. The van der Waals surface area contributed by atoms with Crippen molar-refractivity contribution < 1.29 is 23.1 Å². The number of carbonyl (C=O) groups excluding carboxylic acids is 1. The molecule has 28 heavy (non-hydrogen) atoms. The molecule has 1 unspecified atom stereocenters. The number of sulfone groups is 1. The molecule has 2 aromatic rings. The first-order valence-corrected chi connectivity index (χ1v) is 11.6. The van der Waals surface area contributed by atoms with Gasteiger partial charge in [0, 0.05) is 18.6 Å². The molecule has 1 aliphatic rings. The van der Waals surface area contributed by atoms with Gasteiger partial charge in [0.2, 0.25) is 5.91 Å². The van der Waals surface area contributed by atoms with E-state index in [2.05, 4.69) is 10.3 Å². The number of rotatable bonds is 7. The van der Waals surface area contributed by atoms with E-state index in [1.54, 1.807) is 18.3 Å². The standard InChI is InChI=1S/C17H20N4O5S2/c1-28(25,26)14-6-4-13(5-7-14)21-9-12(18-19-21)10-27-11-16(22)20-8-2-3-15(20)17(23)24/h4-7,9,15H,2-3,8,10-11H2,1H3,(H,23,24). The highest BCUT2D eigenvalue weighted by atomic mass is 32.2. The van der Waals surface area contributed by atoms with Crippen LogP contribution in [0.25, 0.3) is 5.69 Å². The average Bonchev–Trinajstić information content (AvgIpc) is 3.31. The van der Waals surface area contributed by atoms with Crippen LogP contribution in [0.15, 0.2) is 35.4 Å². The number of likely N-dealkylation sites (tertiary alicyclic amines) is 1. The Hall–Kier alpha value is -2.40. The zero-order valence-corrected chi connectivity index (χ0v) is 16.8. The van der Waals surface area contributed by atoms with E-state index in [0.717, 1.165) is 6.26 Å². The van der Waals surface area contributed by atoms with Crippen molar-refractivity contribution in [3.8, 4) is 5.69 Å². The fourth-order valence-corrected chi connectivity index (χ4v) is 4.40. The topological polar surface area (TPSA) is 122 Å². The van der Waals surface area contributed by atoms with Gasteiger partial charge in [-0.1, -0.05) is 5.21 Å². The number of carboxylic acids is 1. The molecule has 3 rings (SSSR count). The summed E-state index contributed by atoms with van der Waals surface area (Å²) in [5.41, 5.74) is 1.34. The van der Waals surface area contributed by atoms with Crippen molar-refractivity contribution in [1.29, 1.82) is 0 Å². The smallest absolute Gasteiger partial charge is 0.326 e. The van der Waals surface area contributed by atoms with E-state index >= 15 is 0 Å². The first kappa shape index (κ1) is 20.3. The van der Waals surface area contributed by atoms with Crippen LogP contribution in [0.3, 0.4) is 0 Å². The minimum Gasteiger partial charge on any atom is -0.480 e. The molecule has 1 aromatic heterocycles. The minimum atomic E-state index is -3.25. The monoisotopic (exact) mass is 424 g/mol. The molecule has 150 valence electrons. The average molecular weight is 425 g/mol. The van der Waals surface area contributed by atoms with E-state index in [9.17, 15) is 18.0 Å². The van der Waals surface area contributed by atoms with Crippen molar-refractivity contribution in [2.24, 2.45) is 0 Å². The Balaban J connectivity index is 1.55. The number of aliphatic carboxylic acids is 1. The lowest BCUT2D eigenvalue weighted by Gasteiger charge is -2.20. The molecule has 2 heterocycles. The number of carbonyl (C=O) groups is 2. The van der Waals surface area contributed by atoms with Gasteiger partial charge in [0.05, 0.1) is 28.2 Å². The van der Waals surface area contributed by atoms with Gasteiger partial charge in [-0.05, 0) is 37.1 Å². The van der Waals surface area contributed by atoms with Crippen LogP contribution in [-0.4, -0.2) is 69.9 Å². The van der Waals surface area contributed by atoms with E-state index in [4.69, 9.17) is 5.11 Å². The Kier molecular flexibility index (Phi) is 6.04. The molecule has 0 spiro atoms. The van der Waals surface area contributed by atoms with Crippen molar-refractivity contribution in [3.05, 3.63) is 36.2 Å². The molecular formula is C17H20N4O5S2. The Morgan fingerprint density at radius 2 is 2.00 bits per heavy atom. The van der Waals surface area contributed by atoms with Crippen LogP contribution in [0, 0.1) is 0 Å². The van der Waals surface area contributed by atoms with Crippen molar-refractivity contribution in [2.75, 3.05) is 18.6 Å². The number of thioether (sulfide) groups is 1. The second-order valence-corrected chi connectivity index (χ2v) is 9.50. The second kappa shape index (κ2) is 8.31. The summed E-state index contributed by atoms with van der Waals surface area (Å²) in [4.78, 5) is 25.1. The van der Waals surface area contributed by atoms with Crippen molar-refractivity contribution >= 4 is 33.5 Å². The molecule has 1 fully saturated rings. The van der Waals surface area contributed by atoms with Gasteiger partial charge in [0.15, 0.2) is 9.84 Å². The summed E-state index contributed by atoms with van der Waals surface area (Å²) in [5, 5.41) is 17.2. The third-order valence-electron chi connectivity index (χ3n) is 4.40. The lowest BCUT2D eigenvalue weighted by molar-refractivity contribution is -0.147. The second-order valence-electron chi connectivity index (χ2n) is 6.50. The predicted octanol–water partition coefficient (Wildman–Crippen LogP) is 0.980. The van der Waals surface area contributed by atoms with E-state index < -0.39 is 21.8 Å². The summed E-state index contributed by atoms with van der Waals surface area (Å²) in [5.74, 6) is -0.502. The summed E-state index contributed by atoms with van der Waals surface area (Å²) in [6.45, 7) is 0.482. The van der Waals surface area contributed by atoms with E-state index in [-0.39, 0.29) is 16.6 Å². The number of benzene rings is 1. The van der Waals surface area contributed by atoms with Crippen LogP contribution in [0.4, 0.5) is 0 Å². The van der Waals surface area contributed by atoms with Gasteiger partial charge in [0.25, 0.3) is 0 Å². The number of nitrogens with zero attached hydrogens (tertiary/aromatic N) is 4. The van der Waals surface area contributed by atoms with Crippen molar-refractivity contribution in [3.63, 3.8) is 0 Å². The van der Waals surface area contributed by atoms with Gasteiger partial charge >= 0.3 is 5.97 Å². The van der Waals surface area contributed by atoms with Gasteiger partial charge in [-0.25, -0.2) is 17.9 Å². The van der Waals surface area contributed by atoms with E-state index in [0.29, 0.717) is 36.5 Å². The Labute approximate surface area is 166 Å². The van der Waals surface area contributed by atoms with Gasteiger partial charge in [0.1, 0.15) is 6.04 Å². The molecule has 0 bridgehead atoms. The lowest BCUT2D eigenvalue weighted by atomic mass is 10.2. The molecule has 0 saturated carbocycles. The highest BCUT2D eigenvalue weighted by Gasteiger charge is 2.33. The van der Waals surface area contributed by atoms with Crippen LogP contribution >= 0.6 is 11.8 Å². The van der Waals surface area contributed by atoms with Crippen LogP contribution in [0.5, 0.6) is 0 Å². The largest absolute Gasteiger partial charge is 0.480 e. The Morgan fingerprint density at radius 3 is 2.64 bits per heavy atom. The highest BCUT2D eigenvalue weighted by molar-refractivity contribution is 7.99. The number of hydrogen-bond acceptors (Lipinski definition) is 7. The molecule has 1 aliphatic heterocycles.